The zero-order chi connectivity index (χ0) is 14.4. The number of carbonyl (C=O) groups is 1. The van der Waals surface area contributed by atoms with Crippen LogP contribution in [0.3, 0.4) is 0 Å². The van der Waals surface area contributed by atoms with E-state index in [1.165, 1.54) is 22.6 Å². The molecular weight excluding hydrogens is 274 g/mol. The summed E-state index contributed by atoms with van der Waals surface area (Å²) in [5.41, 5.74) is 0.367. The minimum Gasteiger partial charge on any atom is -0.459 e. The highest BCUT2D eigenvalue weighted by molar-refractivity contribution is 7.99. The van der Waals surface area contributed by atoms with Crippen molar-refractivity contribution in [1.82, 2.24) is 9.78 Å². The first kappa shape index (κ1) is 15.7. The molecule has 0 spiro atoms. The lowest BCUT2D eigenvalue weighted by molar-refractivity contribution is 0.0373. The van der Waals surface area contributed by atoms with E-state index in [1.807, 2.05) is 0 Å². The highest BCUT2D eigenvalue weighted by atomic mass is 32.2. The highest BCUT2D eigenvalue weighted by Crippen LogP contribution is 2.24. The lowest BCUT2D eigenvalue weighted by atomic mass is 10.3. The number of halogens is 2. The van der Waals surface area contributed by atoms with Gasteiger partial charge >= 0.3 is 5.97 Å². The van der Waals surface area contributed by atoms with Crippen LogP contribution in [0.25, 0.3) is 0 Å². The van der Waals surface area contributed by atoms with Crippen molar-refractivity contribution >= 4 is 17.7 Å². The number of esters is 1. The predicted molar refractivity (Wildman–Crippen MR) is 69.4 cm³/mol. The molecule has 1 rings (SSSR count). The summed E-state index contributed by atoms with van der Waals surface area (Å²) in [6.45, 7) is 3.52. The van der Waals surface area contributed by atoms with Crippen molar-refractivity contribution in [3.05, 3.63) is 23.9 Å². The first-order valence-corrected chi connectivity index (χ1v) is 6.77. The minimum absolute atomic E-state index is 0.214. The fourth-order valence-electron chi connectivity index (χ4n) is 1.34. The van der Waals surface area contributed by atoms with Crippen LogP contribution in [-0.4, -0.2) is 27.6 Å². The summed E-state index contributed by atoms with van der Waals surface area (Å²) in [6.07, 6.45) is 0.615. The Morgan fingerprint density at radius 1 is 1.58 bits per heavy atom. The molecule has 0 unspecified atom stereocenters. The topological polar surface area (TPSA) is 44.1 Å². The van der Waals surface area contributed by atoms with Crippen LogP contribution in [0.4, 0.5) is 8.78 Å². The Hall–Kier alpha value is -1.37. The first-order valence-electron chi connectivity index (χ1n) is 5.78. The molecule has 1 heterocycles. The van der Waals surface area contributed by atoms with Gasteiger partial charge in [0.05, 0.1) is 12.3 Å². The minimum atomic E-state index is -1.69. The number of hydrogen-bond acceptors (Lipinski definition) is 4. The molecule has 19 heavy (non-hydrogen) atoms. The van der Waals surface area contributed by atoms with Crippen LogP contribution in [0.2, 0.25) is 0 Å². The lowest BCUT2D eigenvalue weighted by Crippen LogP contribution is -2.12. The Kier molecular flexibility index (Phi) is 6.01. The molecule has 7 heteroatoms. The zero-order valence-electron chi connectivity index (χ0n) is 11.0. The second-order valence-electron chi connectivity index (χ2n) is 4.07. The number of ether oxygens (including phenoxy) is 1. The Bertz CT molecular complexity index is 468. The summed E-state index contributed by atoms with van der Waals surface area (Å²) in [5, 5.41) is 4.61. The van der Waals surface area contributed by atoms with E-state index in [-0.39, 0.29) is 12.5 Å². The van der Waals surface area contributed by atoms with Gasteiger partial charge in [-0.2, -0.15) is 13.9 Å². The lowest BCUT2D eigenvalue weighted by Gasteiger charge is -2.08. The quantitative estimate of drug-likeness (QED) is 0.458. The average molecular weight is 290 g/mol. The zero-order valence-corrected chi connectivity index (χ0v) is 11.8. The molecule has 0 aliphatic rings. The SMILES string of the molecule is CC(C)OC(=O)c1cnn(C)c1SCCC=C(F)F. The fraction of sp³-hybridized carbons (Fsp3) is 0.500. The number of carbonyl (C=O) groups excluding carboxylic acids is 1. The van der Waals surface area contributed by atoms with Crippen molar-refractivity contribution in [2.24, 2.45) is 7.05 Å². The number of aryl methyl sites for hydroxylation is 1. The van der Waals surface area contributed by atoms with Gasteiger partial charge in [-0.15, -0.1) is 11.8 Å². The summed E-state index contributed by atoms with van der Waals surface area (Å²) < 4.78 is 30.4. The fourth-order valence-corrected chi connectivity index (χ4v) is 2.29. The van der Waals surface area contributed by atoms with E-state index < -0.39 is 12.0 Å². The van der Waals surface area contributed by atoms with Gasteiger partial charge in [0.15, 0.2) is 0 Å². The number of nitrogens with zero attached hydrogens (tertiary/aromatic N) is 2. The van der Waals surface area contributed by atoms with Crippen LogP contribution in [0.1, 0.15) is 30.6 Å². The normalized spacial score (nSPS) is 10.6. The van der Waals surface area contributed by atoms with Gasteiger partial charge < -0.3 is 4.74 Å². The Morgan fingerprint density at radius 2 is 2.26 bits per heavy atom. The molecule has 0 radical (unpaired) electrons. The van der Waals surface area contributed by atoms with Crippen molar-refractivity contribution in [2.75, 3.05) is 5.75 Å². The second-order valence-corrected chi connectivity index (χ2v) is 5.16. The molecule has 0 saturated carbocycles. The van der Waals surface area contributed by atoms with Crippen LogP contribution in [-0.2, 0) is 11.8 Å². The van der Waals surface area contributed by atoms with Crippen molar-refractivity contribution in [3.8, 4) is 0 Å². The molecule has 0 bridgehead atoms. The van der Waals surface area contributed by atoms with Gasteiger partial charge in [0.25, 0.3) is 6.08 Å². The largest absolute Gasteiger partial charge is 0.459 e. The summed E-state index contributed by atoms with van der Waals surface area (Å²) in [7, 11) is 1.69. The van der Waals surface area contributed by atoms with Crippen molar-refractivity contribution < 1.29 is 18.3 Å². The van der Waals surface area contributed by atoms with E-state index in [0.717, 1.165) is 6.08 Å². The van der Waals surface area contributed by atoms with Gasteiger partial charge in [-0.05, 0) is 26.3 Å². The van der Waals surface area contributed by atoms with Crippen molar-refractivity contribution in [3.63, 3.8) is 0 Å². The van der Waals surface area contributed by atoms with Gasteiger partial charge in [0, 0.05) is 12.8 Å². The highest BCUT2D eigenvalue weighted by Gasteiger charge is 2.18. The number of hydrogen-bond donors (Lipinski definition) is 0. The first-order chi connectivity index (χ1) is 8.91. The molecule has 4 nitrogen and oxygen atoms in total. The molecule has 0 atom stereocenters. The molecule has 0 aliphatic carbocycles. The third-order valence-corrected chi connectivity index (χ3v) is 3.30. The number of rotatable bonds is 6. The van der Waals surface area contributed by atoms with Crippen molar-refractivity contribution in [2.45, 2.75) is 31.4 Å². The van der Waals surface area contributed by atoms with Gasteiger partial charge in [-0.1, -0.05) is 0 Å². The van der Waals surface area contributed by atoms with Crippen LogP contribution < -0.4 is 0 Å². The molecular formula is C12H16F2N2O2S. The van der Waals surface area contributed by atoms with Gasteiger partial charge in [0.2, 0.25) is 0 Å². The molecule has 1 aromatic rings. The van der Waals surface area contributed by atoms with E-state index in [9.17, 15) is 13.6 Å². The predicted octanol–water partition coefficient (Wildman–Crippen LogP) is 3.25. The number of aromatic nitrogens is 2. The number of allylic oxidation sites excluding steroid dienone is 1. The molecule has 106 valence electrons. The summed E-state index contributed by atoms with van der Waals surface area (Å²) in [6, 6.07) is 0. The third kappa shape index (κ3) is 5.02. The maximum atomic E-state index is 11.9. The van der Waals surface area contributed by atoms with Crippen LogP contribution >= 0.6 is 11.8 Å². The van der Waals surface area contributed by atoms with Crippen molar-refractivity contribution in [1.29, 1.82) is 0 Å². The Balaban J connectivity index is 2.69. The standard InChI is InChI=1S/C12H16F2N2O2S/c1-8(2)18-12(17)9-7-15-16(3)11(9)19-6-4-5-10(13)14/h5,7-8H,4,6H2,1-3H3. The van der Waals surface area contributed by atoms with Gasteiger partial charge in [-0.25, -0.2) is 4.79 Å². The van der Waals surface area contributed by atoms with E-state index in [1.54, 1.807) is 20.9 Å². The van der Waals surface area contributed by atoms with Crippen LogP contribution in [0, 0.1) is 0 Å². The maximum Gasteiger partial charge on any atom is 0.342 e. The molecule has 0 saturated heterocycles. The smallest absolute Gasteiger partial charge is 0.342 e. The van der Waals surface area contributed by atoms with E-state index in [4.69, 9.17) is 4.74 Å². The van der Waals surface area contributed by atoms with Crippen LogP contribution in [0.15, 0.2) is 23.4 Å². The summed E-state index contributed by atoms with van der Waals surface area (Å²) >= 11 is 1.30. The van der Waals surface area contributed by atoms with Crippen LogP contribution in [0.5, 0.6) is 0 Å². The summed E-state index contributed by atoms with van der Waals surface area (Å²) in [4.78, 5) is 11.8. The molecule has 0 aromatic carbocycles. The van der Waals surface area contributed by atoms with Gasteiger partial charge in [0.1, 0.15) is 10.6 Å². The Morgan fingerprint density at radius 3 is 2.84 bits per heavy atom. The maximum absolute atomic E-state index is 11.9. The average Bonchev–Trinajstić information content (AvgIpc) is 2.65. The second kappa shape index (κ2) is 7.28. The molecule has 1 aromatic heterocycles. The molecule has 0 amide bonds. The van der Waals surface area contributed by atoms with E-state index >= 15 is 0 Å². The van der Waals surface area contributed by atoms with E-state index in [0.29, 0.717) is 16.3 Å². The number of thioether (sulfide) groups is 1. The molecule has 0 N–H and O–H groups in total. The van der Waals surface area contributed by atoms with Gasteiger partial charge in [-0.3, -0.25) is 4.68 Å². The summed E-state index contributed by atoms with van der Waals surface area (Å²) in [5.74, 6) is -0.00318. The molecule has 0 fully saturated rings. The molecule has 0 aliphatic heterocycles. The van der Waals surface area contributed by atoms with E-state index in [2.05, 4.69) is 5.10 Å². The monoisotopic (exact) mass is 290 g/mol. The third-order valence-electron chi connectivity index (χ3n) is 2.10. The Labute approximate surface area is 114 Å².